The van der Waals surface area contributed by atoms with Crippen molar-refractivity contribution in [3.63, 3.8) is 0 Å². The van der Waals surface area contributed by atoms with Crippen molar-refractivity contribution in [2.75, 3.05) is 0 Å². The minimum Gasteiger partial charge on any atom is -0.457 e. The van der Waals surface area contributed by atoms with Crippen LogP contribution in [0.4, 0.5) is 0 Å². The average Bonchev–Trinajstić information content (AvgIpc) is 2.53. The van der Waals surface area contributed by atoms with Crippen molar-refractivity contribution in [2.45, 2.75) is 13.5 Å². The number of hydrogen-bond donors (Lipinski definition) is 0. The van der Waals surface area contributed by atoms with Gasteiger partial charge in [0.1, 0.15) is 18.2 Å². The molecule has 0 N–H and O–H groups in total. The fraction of sp³-hybridized carbons (Fsp3) is 0.111. The van der Waals surface area contributed by atoms with Crippen molar-refractivity contribution in [2.24, 2.45) is 0 Å². The summed E-state index contributed by atoms with van der Waals surface area (Å²) in [6, 6.07) is 16.5. The van der Waals surface area contributed by atoms with Gasteiger partial charge in [-0.15, -0.1) is 0 Å². The van der Waals surface area contributed by atoms with Crippen LogP contribution in [-0.4, -0.2) is 5.97 Å². The summed E-state index contributed by atoms with van der Waals surface area (Å²) < 4.78 is 5.14. The third kappa shape index (κ3) is 4.21. The van der Waals surface area contributed by atoms with Crippen molar-refractivity contribution in [3.05, 3.63) is 75.8 Å². The molecule has 0 spiro atoms. The molecule has 2 aromatic rings. The highest BCUT2D eigenvalue weighted by Crippen LogP contribution is 2.17. The summed E-state index contributed by atoms with van der Waals surface area (Å²) in [6.45, 7) is 2.00. The molecule has 0 aliphatic rings. The Bertz CT molecular complexity index is 742. The molecule has 0 bridgehead atoms. The van der Waals surface area contributed by atoms with Gasteiger partial charge in [-0.2, -0.15) is 5.26 Å². The summed E-state index contributed by atoms with van der Waals surface area (Å²) in [4.78, 5) is 12.0. The minimum absolute atomic E-state index is 0.0332. The highest BCUT2D eigenvalue weighted by molar-refractivity contribution is 6.31. The average molecular weight is 312 g/mol. The third-order valence-corrected chi connectivity index (χ3v) is 3.41. The van der Waals surface area contributed by atoms with Gasteiger partial charge in [0, 0.05) is 10.6 Å². The van der Waals surface area contributed by atoms with Crippen LogP contribution in [0, 0.1) is 18.3 Å². The first-order valence-corrected chi connectivity index (χ1v) is 7.07. The standard InChI is InChI=1S/C18H14ClNO2/c1-13-6-8-14(9-7-13)10-16(11-20)18(21)22-12-15-4-2-3-5-17(15)19/h2-10H,12H2,1H3/b16-10+. The monoisotopic (exact) mass is 311 g/mol. The van der Waals surface area contributed by atoms with E-state index >= 15 is 0 Å². The van der Waals surface area contributed by atoms with Crippen LogP contribution in [0.1, 0.15) is 16.7 Å². The molecule has 0 aromatic heterocycles. The van der Waals surface area contributed by atoms with E-state index < -0.39 is 5.97 Å². The molecule has 0 saturated carbocycles. The Morgan fingerprint density at radius 1 is 1.23 bits per heavy atom. The van der Waals surface area contributed by atoms with Gasteiger partial charge in [-0.1, -0.05) is 59.6 Å². The van der Waals surface area contributed by atoms with Gasteiger partial charge in [0.25, 0.3) is 0 Å². The van der Waals surface area contributed by atoms with Crippen LogP contribution in [0.25, 0.3) is 6.08 Å². The number of benzene rings is 2. The largest absolute Gasteiger partial charge is 0.457 e. The number of carbonyl (C=O) groups is 1. The number of nitrogens with zero attached hydrogens (tertiary/aromatic N) is 1. The minimum atomic E-state index is -0.664. The summed E-state index contributed by atoms with van der Waals surface area (Å²) in [7, 11) is 0. The first-order chi connectivity index (χ1) is 10.6. The highest BCUT2D eigenvalue weighted by Gasteiger charge is 2.11. The Morgan fingerprint density at radius 3 is 2.55 bits per heavy atom. The van der Waals surface area contributed by atoms with E-state index in [0.29, 0.717) is 10.6 Å². The number of carbonyl (C=O) groups excluding carboxylic acids is 1. The quantitative estimate of drug-likeness (QED) is 0.480. The zero-order chi connectivity index (χ0) is 15.9. The van der Waals surface area contributed by atoms with E-state index in [1.165, 1.54) is 6.08 Å². The maximum atomic E-state index is 12.0. The molecule has 0 fully saturated rings. The molecule has 2 rings (SSSR count). The maximum absolute atomic E-state index is 12.0. The number of rotatable bonds is 4. The number of ether oxygens (including phenoxy) is 1. The summed E-state index contributed by atoms with van der Waals surface area (Å²) >= 11 is 5.99. The molecule has 4 heteroatoms. The molecule has 0 amide bonds. The van der Waals surface area contributed by atoms with Crippen molar-refractivity contribution >= 4 is 23.6 Å². The molecule has 3 nitrogen and oxygen atoms in total. The summed E-state index contributed by atoms with van der Waals surface area (Å²) in [5.41, 5.74) is 2.54. The zero-order valence-corrected chi connectivity index (χ0v) is 12.8. The SMILES string of the molecule is Cc1ccc(/C=C(\C#N)C(=O)OCc2ccccc2Cl)cc1. The second kappa shape index (κ2) is 7.44. The van der Waals surface area contributed by atoms with Gasteiger partial charge >= 0.3 is 5.97 Å². The normalized spacial score (nSPS) is 10.9. The second-order valence-electron chi connectivity index (χ2n) is 4.75. The van der Waals surface area contributed by atoms with Crippen LogP contribution in [0.15, 0.2) is 54.1 Å². The van der Waals surface area contributed by atoms with Gasteiger partial charge in [-0.25, -0.2) is 4.79 Å². The van der Waals surface area contributed by atoms with Crippen molar-refractivity contribution in [1.29, 1.82) is 5.26 Å². The Kier molecular flexibility index (Phi) is 5.35. The second-order valence-corrected chi connectivity index (χ2v) is 5.16. The van der Waals surface area contributed by atoms with Crippen LogP contribution in [0.5, 0.6) is 0 Å². The number of halogens is 1. The van der Waals surface area contributed by atoms with Gasteiger partial charge in [0.2, 0.25) is 0 Å². The van der Waals surface area contributed by atoms with Crippen molar-refractivity contribution in [3.8, 4) is 6.07 Å². The van der Waals surface area contributed by atoms with Crippen LogP contribution < -0.4 is 0 Å². The fourth-order valence-corrected chi connectivity index (χ4v) is 1.99. The van der Waals surface area contributed by atoms with Gasteiger partial charge in [0.05, 0.1) is 0 Å². The lowest BCUT2D eigenvalue weighted by molar-refractivity contribution is -0.139. The lowest BCUT2D eigenvalue weighted by Crippen LogP contribution is -2.07. The number of aryl methyl sites for hydroxylation is 1. The van der Waals surface area contributed by atoms with E-state index in [1.807, 2.05) is 43.3 Å². The van der Waals surface area contributed by atoms with E-state index in [9.17, 15) is 4.79 Å². The Labute approximate surface area is 134 Å². The number of hydrogen-bond acceptors (Lipinski definition) is 3. The summed E-state index contributed by atoms with van der Waals surface area (Å²) in [5, 5.41) is 9.64. The first kappa shape index (κ1) is 15.8. The Hall–Kier alpha value is -2.57. The maximum Gasteiger partial charge on any atom is 0.349 e. The molecule has 2 aromatic carbocycles. The Morgan fingerprint density at radius 2 is 1.91 bits per heavy atom. The molecule has 0 aliphatic heterocycles. The fourth-order valence-electron chi connectivity index (χ4n) is 1.80. The molecule has 0 aliphatic carbocycles. The topological polar surface area (TPSA) is 50.1 Å². The lowest BCUT2D eigenvalue weighted by atomic mass is 10.1. The van der Waals surface area contributed by atoms with Crippen LogP contribution in [0.3, 0.4) is 0 Å². The molecule has 0 radical (unpaired) electrons. The molecular formula is C18H14ClNO2. The van der Waals surface area contributed by atoms with Gasteiger partial charge < -0.3 is 4.74 Å². The zero-order valence-electron chi connectivity index (χ0n) is 12.0. The van der Waals surface area contributed by atoms with Crippen LogP contribution >= 0.6 is 11.6 Å². The smallest absolute Gasteiger partial charge is 0.349 e. The van der Waals surface area contributed by atoms with Gasteiger partial charge in [0.15, 0.2) is 0 Å². The van der Waals surface area contributed by atoms with E-state index in [4.69, 9.17) is 21.6 Å². The summed E-state index contributed by atoms with van der Waals surface area (Å²) in [6.07, 6.45) is 1.51. The molecule has 22 heavy (non-hydrogen) atoms. The third-order valence-electron chi connectivity index (χ3n) is 3.05. The van der Waals surface area contributed by atoms with E-state index in [-0.39, 0.29) is 12.2 Å². The van der Waals surface area contributed by atoms with E-state index in [0.717, 1.165) is 11.1 Å². The summed E-state index contributed by atoms with van der Waals surface area (Å²) in [5.74, 6) is -0.664. The predicted octanol–water partition coefficient (Wildman–Crippen LogP) is 4.30. The molecule has 0 atom stereocenters. The molecule has 0 unspecified atom stereocenters. The van der Waals surface area contributed by atoms with E-state index in [1.54, 1.807) is 18.2 Å². The van der Waals surface area contributed by atoms with Crippen molar-refractivity contribution in [1.82, 2.24) is 0 Å². The van der Waals surface area contributed by atoms with Crippen molar-refractivity contribution < 1.29 is 9.53 Å². The van der Waals surface area contributed by atoms with Gasteiger partial charge in [-0.3, -0.25) is 0 Å². The van der Waals surface area contributed by atoms with E-state index in [2.05, 4.69) is 0 Å². The lowest BCUT2D eigenvalue weighted by Gasteiger charge is -2.05. The molecule has 110 valence electrons. The number of esters is 1. The number of nitriles is 1. The molecule has 0 heterocycles. The molecular weight excluding hydrogens is 298 g/mol. The first-order valence-electron chi connectivity index (χ1n) is 6.69. The Balaban J connectivity index is 2.08. The van der Waals surface area contributed by atoms with Gasteiger partial charge in [-0.05, 0) is 24.6 Å². The predicted molar refractivity (Wildman–Crippen MR) is 86.0 cm³/mol. The van der Waals surface area contributed by atoms with Crippen LogP contribution in [-0.2, 0) is 16.1 Å². The highest BCUT2D eigenvalue weighted by atomic mass is 35.5. The van der Waals surface area contributed by atoms with Crippen LogP contribution in [0.2, 0.25) is 5.02 Å². The molecule has 0 saturated heterocycles.